The highest BCUT2D eigenvalue weighted by atomic mass is 16.6. The van der Waals surface area contributed by atoms with Gasteiger partial charge in [0.2, 0.25) is 5.79 Å². The lowest BCUT2D eigenvalue weighted by atomic mass is 9.78. The van der Waals surface area contributed by atoms with Crippen molar-refractivity contribution in [1.29, 1.82) is 0 Å². The molecule has 0 radical (unpaired) electrons. The second-order valence-corrected chi connectivity index (χ2v) is 23.1. The van der Waals surface area contributed by atoms with Crippen molar-refractivity contribution in [3.05, 3.63) is 47.6 Å². The average molecular weight is 1090 g/mol. The van der Waals surface area contributed by atoms with Gasteiger partial charge in [0.05, 0.1) is 50.8 Å². The molecule has 4 heterocycles. The first-order valence-electron chi connectivity index (χ1n) is 28.8. The molecule has 2 bridgehead atoms. The Morgan fingerprint density at radius 2 is 1.61 bits per heavy atom. The summed E-state index contributed by atoms with van der Waals surface area (Å²) in [6.07, 6.45) is 12.7. The van der Waals surface area contributed by atoms with Crippen molar-refractivity contribution in [2.75, 3.05) is 66.9 Å². The van der Waals surface area contributed by atoms with Gasteiger partial charge in [0, 0.05) is 77.1 Å². The van der Waals surface area contributed by atoms with Crippen molar-refractivity contribution in [3.8, 4) is 0 Å². The van der Waals surface area contributed by atoms with Crippen LogP contribution in [0.2, 0.25) is 0 Å². The molecule has 4 aliphatic heterocycles. The van der Waals surface area contributed by atoms with Gasteiger partial charge in [-0.25, -0.2) is 4.79 Å². The average Bonchev–Trinajstić information content (AvgIpc) is 3.41. The number of methoxy groups -OCH3 is 2. The number of aliphatic hydroxyl groups is 3. The molecule has 77 heavy (non-hydrogen) atoms. The Morgan fingerprint density at radius 1 is 0.844 bits per heavy atom. The summed E-state index contributed by atoms with van der Waals surface area (Å²) in [5, 5.41) is 33.4. The van der Waals surface area contributed by atoms with Crippen molar-refractivity contribution < 1.29 is 72.5 Å². The summed E-state index contributed by atoms with van der Waals surface area (Å²) in [7, 11) is 3.09. The van der Waals surface area contributed by atoms with Gasteiger partial charge in [0.1, 0.15) is 30.1 Å². The van der Waals surface area contributed by atoms with E-state index < -0.39 is 77.8 Å². The first-order chi connectivity index (χ1) is 36.7. The fraction of sp³-hybridized carbons (Fsp3) is 0.783. The number of Topliss-reactive ketones (excluding diaryl/α,β-unsaturated/α-hetero) is 3. The lowest BCUT2D eigenvalue weighted by Crippen LogP contribution is -2.61. The number of allylic oxidation sites excluding steroid dienone is 6. The molecular formula is C60H96N2O15. The van der Waals surface area contributed by atoms with E-state index in [4.69, 9.17) is 33.2 Å². The third kappa shape index (κ3) is 18.3. The number of carbonyl (C=O) groups is 5. The van der Waals surface area contributed by atoms with E-state index >= 15 is 0 Å². The quantitative estimate of drug-likeness (QED) is 0.0759. The van der Waals surface area contributed by atoms with E-state index in [0.29, 0.717) is 63.2 Å². The number of nitrogens with zero attached hydrogens (tertiary/aromatic N) is 2. The number of rotatable bonds is 13. The van der Waals surface area contributed by atoms with Crippen molar-refractivity contribution >= 4 is 29.2 Å². The molecular weight excluding hydrogens is 989 g/mol. The van der Waals surface area contributed by atoms with Crippen LogP contribution in [-0.4, -0.2) is 182 Å². The molecule has 1 amide bonds. The minimum atomic E-state index is -2.48. The highest BCUT2D eigenvalue weighted by Gasteiger charge is 2.53. The van der Waals surface area contributed by atoms with Crippen LogP contribution >= 0.6 is 0 Å². The molecule has 0 aromatic carbocycles. The highest BCUT2D eigenvalue weighted by molar-refractivity contribution is 6.39. The van der Waals surface area contributed by atoms with Crippen molar-refractivity contribution in [1.82, 2.24) is 9.80 Å². The molecule has 0 aromatic rings. The van der Waals surface area contributed by atoms with Gasteiger partial charge in [0.25, 0.3) is 11.7 Å². The van der Waals surface area contributed by atoms with Gasteiger partial charge in [-0.3, -0.25) is 24.1 Å². The Kier molecular flexibility index (Phi) is 26.3. The molecule has 5 aliphatic rings. The molecule has 5 rings (SSSR count). The number of aliphatic hydroxyl groups excluding tert-OH is 2. The van der Waals surface area contributed by atoms with Gasteiger partial charge in [-0.15, -0.1) is 0 Å². The number of piperidine rings is 1. The molecule has 3 N–H and O–H groups in total. The highest BCUT2D eigenvalue weighted by Crippen LogP contribution is 2.38. The monoisotopic (exact) mass is 1080 g/mol. The van der Waals surface area contributed by atoms with E-state index in [1.54, 1.807) is 34.0 Å². The number of hydrogen-bond acceptors (Lipinski definition) is 16. The van der Waals surface area contributed by atoms with Gasteiger partial charge in [0.15, 0.2) is 5.78 Å². The zero-order chi connectivity index (χ0) is 56.4. The molecule has 1 saturated carbocycles. The Morgan fingerprint density at radius 3 is 2.32 bits per heavy atom. The van der Waals surface area contributed by atoms with Crippen molar-refractivity contribution in [2.24, 2.45) is 35.5 Å². The smallest absolute Gasteiger partial charge is 0.329 e. The van der Waals surface area contributed by atoms with Gasteiger partial charge in [-0.05, 0) is 120 Å². The third-order valence-corrected chi connectivity index (χ3v) is 17.0. The lowest BCUT2D eigenvalue weighted by Gasteiger charge is -2.43. The second kappa shape index (κ2) is 31.5. The zero-order valence-electron chi connectivity index (χ0n) is 48.1. The third-order valence-electron chi connectivity index (χ3n) is 17.0. The molecule has 1 unspecified atom stereocenters. The van der Waals surface area contributed by atoms with E-state index in [1.807, 2.05) is 58.1 Å². The molecule has 436 valence electrons. The first-order valence-corrected chi connectivity index (χ1v) is 28.8. The van der Waals surface area contributed by atoms with Crippen LogP contribution in [0.25, 0.3) is 0 Å². The predicted octanol–water partition coefficient (Wildman–Crippen LogP) is 6.68. The lowest BCUT2D eigenvalue weighted by molar-refractivity contribution is -0.266. The van der Waals surface area contributed by atoms with E-state index in [0.717, 1.165) is 51.1 Å². The number of morpholine rings is 1. The van der Waals surface area contributed by atoms with Crippen LogP contribution in [-0.2, 0) is 57.1 Å². The van der Waals surface area contributed by atoms with Crippen LogP contribution in [0.3, 0.4) is 0 Å². The van der Waals surface area contributed by atoms with Crippen LogP contribution < -0.4 is 0 Å². The van der Waals surface area contributed by atoms with Crippen molar-refractivity contribution in [2.45, 2.75) is 199 Å². The van der Waals surface area contributed by atoms with Gasteiger partial charge in [-0.1, -0.05) is 71.1 Å². The maximum absolute atomic E-state index is 14.6. The number of carbonyl (C=O) groups excluding carboxylic acids is 5. The number of fused-ring (bicyclic) bond motifs is 3. The van der Waals surface area contributed by atoms with E-state index in [2.05, 4.69) is 11.8 Å². The largest absolute Gasteiger partial charge is 0.460 e. The van der Waals surface area contributed by atoms with Gasteiger partial charge in [-0.2, -0.15) is 0 Å². The molecule has 16 atom stereocenters. The predicted molar refractivity (Wildman–Crippen MR) is 291 cm³/mol. The summed E-state index contributed by atoms with van der Waals surface area (Å²) in [5.41, 5.74) is 1.19. The maximum atomic E-state index is 14.6. The first kappa shape index (κ1) is 64.3. The summed E-state index contributed by atoms with van der Waals surface area (Å²) < 4.78 is 42.3. The molecule has 4 fully saturated rings. The normalized spacial score (nSPS) is 38.4. The van der Waals surface area contributed by atoms with Crippen LogP contribution in [0, 0.1) is 35.5 Å². The second-order valence-electron chi connectivity index (χ2n) is 23.1. The van der Waals surface area contributed by atoms with Gasteiger partial charge < -0.3 is 53.4 Å². The minimum Gasteiger partial charge on any atom is -0.460 e. The summed E-state index contributed by atoms with van der Waals surface area (Å²) in [6, 6.07) is -0.783. The molecule has 17 nitrogen and oxygen atoms in total. The SMILES string of the molecule is CO[C@@H]1C[C@H](C[C@@H](C)[C@@H]2CC(=O)[C@H](C)/C=C(\C)[C@@H](O)[C@@H](OC)C(=O)[C@H](C)C[C@H](C)/C=C/C=C/C=C(\C)C(OCCO)C[C@@H]3CC[C@@H](C)[C@@](O)(O3)C(=O)C(=O)N3CCCC[C@H]3C(=O)O2)CC[C@H]1OCCCN1CCOC[C@@H]1C. The number of cyclic esters (lactones) is 1. The summed E-state index contributed by atoms with van der Waals surface area (Å²) in [4.78, 5) is 75.4. The van der Waals surface area contributed by atoms with Crippen LogP contribution in [0.4, 0.5) is 0 Å². The molecule has 3 saturated heterocycles. The number of ether oxygens (including phenoxy) is 7. The summed E-state index contributed by atoms with van der Waals surface area (Å²) in [6.45, 7) is 18.7. The fourth-order valence-electron chi connectivity index (χ4n) is 12.0. The summed E-state index contributed by atoms with van der Waals surface area (Å²) in [5.74, 6) is -8.09. The fourth-order valence-corrected chi connectivity index (χ4v) is 12.0. The molecule has 17 heteroatoms. The van der Waals surface area contributed by atoms with Gasteiger partial charge >= 0.3 is 5.97 Å². The Balaban J connectivity index is 1.41. The van der Waals surface area contributed by atoms with Crippen LogP contribution in [0.5, 0.6) is 0 Å². The van der Waals surface area contributed by atoms with E-state index in [1.165, 1.54) is 12.0 Å². The van der Waals surface area contributed by atoms with Crippen LogP contribution in [0.1, 0.15) is 139 Å². The molecule has 0 aromatic heterocycles. The number of esters is 1. The minimum absolute atomic E-state index is 0.0100. The van der Waals surface area contributed by atoms with E-state index in [9.17, 15) is 39.3 Å². The van der Waals surface area contributed by atoms with Crippen LogP contribution in [0.15, 0.2) is 47.6 Å². The Bertz CT molecular complexity index is 2040. The molecule has 1 aliphatic carbocycles. The van der Waals surface area contributed by atoms with E-state index in [-0.39, 0.29) is 80.5 Å². The number of ketones is 3. The Hall–Kier alpha value is -3.49. The molecule has 0 spiro atoms. The number of hydrogen-bond donors (Lipinski definition) is 3. The standard InChI is InChI=1S/C60H96N2O15/c1-38-17-12-11-13-18-39(2)51(75-30-27-63)35-47-22-20-44(7)60(70,77-47)57(67)58(68)62-25-15-14-19-48(62)59(69)76-52(36-49(64)40(3)32-43(6)55(66)56(72-10)54(65)42(5)31-38)41(4)33-46-21-23-50(53(34-46)71-9)74-28-16-24-61-26-29-73-37-45(61)8/h11-13,17-18,32,38,40-42,44-48,50-53,55-56,63,66,70H,14-16,19-31,33-37H2,1-10H3/b13-11+,17-12+,39-18+,43-32+/t38-,40-,41-,42-,44-,45+,46+,47+,48+,50-,51?,52+,53-,55-,56+,60-/m1/s1. The Labute approximate surface area is 459 Å². The van der Waals surface area contributed by atoms with Crippen molar-refractivity contribution in [3.63, 3.8) is 0 Å². The zero-order valence-corrected chi connectivity index (χ0v) is 48.1. The number of amides is 1. The summed E-state index contributed by atoms with van der Waals surface area (Å²) >= 11 is 0. The topological polar surface area (TPSA) is 217 Å². The maximum Gasteiger partial charge on any atom is 0.329 e.